The predicted octanol–water partition coefficient (Wildman–Crippen LogP) is 17.6. The van der Waals surface area contributed by atoms with Crippen molar-refractivity contribution in [3.05, 3.63) is 109 Å². The molecule has 1 amide bonds. The zero-order valence-corrected chi connectivity index (χ0v) is 70.6. The molecule has 17 unspecified atom stereocenters. The summed E-state index contributed by atoms with van der Waals surface area (Å²) in [6.07, 6.45) is 75.1. The first-order valence-corrected chi connectivity index (χ1v) is 45.6. The average Bonchev–Trinajstić information content (AvgIpc) is 0.780. The first kappa shape index (κ1) is 104. The Bertz CT molecular complexity index is 2460. The van der Waals surface area contributed by atoms with Crippen molar-refractivity contribution in [1.29, 1.82) is 0 Å². The van der Waals surface area contributed by atoms with E-state index in [2.05, 4.69) is 116 Å². The van der Waals surface area contributed by atoms with E-state index in [-0.39, 0.29) is 18.9 Å². The predicted molar refractivity (Wildman–Crippen MR) is 457 cm³/mol. The van der Waals surface area contributed by atoms with Crippen LogP contribution in [-0.4, -0.2) is 193 Å². The molecule has 3 heterocycles. The summed E-state index contributed by atoms with van der Waals surface area (Å²) < 4.78 is 34.5. The molecule has 3 aliphatic heterocycles. The molecule has 3 rings (SSSR count). The van der Waals surface area contributed by atoms with Crippen LogP contribution >= 0.6 is 0 Å². The number of ether oxygens (including phenoxy) is 6. The molecule has 19 heteroatoms. The minimum absolute atomic E-state index is 0.232. The third kappa shape index (κ3) is 50.9. The zero-order chi connectivity index (χ0) is 81.7. The van der Waals surface area contributed by atoms with Gasteiger partial charge in [-0.2, -0.15) is 0 Å². The number of nitrogens with one attached hydrogen (secondary N) is 1. The molecule has 19 nitrogen and oxygen atoms in total. The number of amides is 1. The molecule has 0 aromatic heterocycles. The fourth-order valence-corrected chi connectivity index (χ4v) is 14.9. The van der Waals surface area contributed by atoms with Crippen LogP contribution in [0.2, 0.25) is 0 Å². The van der Waals surface area contributed by atoms with E-state index in [1.54, 1.807) is 6.08 Å². The highest BCUT2D eigenvalue weighted by atomic mass is 16.8. The van der Waals surface area contributed by atoms with Gasteiger partial charge in [-0.3, -0.25) is 4.79 Å². The number of unbranched alkanes of at least 4 members (excludes halogenated alkanes) is 41. The number of hydrogen-bond acceptors (Lipinski definition) is 18. The van der Waals surface area contributed by atoms with Crippen molar-refractivity contribution in [2.24, 2.45) is 0 Å². The lowest BCUT2D eigenvalue weighted by molar-refractivity contribution is -0.379. The third-order valence-electron chi connectivity index (χ3n) is 22.1. The van der Waals surface area contributed by atoms with Gasteiger partial charge in [0.25, 0.3) is 0 Å². The fraction of sp³-hybridized carbons (Fsp3) is 0.798. The van der Waals surface area contributed by atoms with Gasteiger partial charge < -0.3 is 89.9 Å². The molecule has 3 fully saturated rings. The van der Waals surface area contributed by atoms with E-state index in [0.29, 0.717) is 6.42 Å². The number of carbonyl (C=O) groups is 1. The Hall–Kier alpha value is -3.55. The standard InChI is InChI=1S/C94H165NO18/c1-3-5-7-9-11-13-15-17-19-21-23-25-27-29-31-33-35-37-38-40-42-44-46-48-50-52-54-56-58-60-62-64-66-68-70-72-82(100)95-77(78(99)71-69-67-65-63-61-59-57-55-53-51-49-47-45-43-41-39-36-34-32-30-28-26-24-22-20-18-16-14-12-10-8-6-4-2)76-108-92-88(106)85(103)90(80(74-97)110-92)113-94-89(107)86(104)91(81(75-98)111-94)112-93-87(105)84(102)83(101)79(73-96)109-93/h5,7,11,13,17,19,23,25,29,31,35,37,40,42,46,48,69,71,77-81,83-94,96-99,101-107H,3-4,6,8-10,12,14-16,18,20-22,24,26-28,30,32-34,36,38-39,41,43-45,47,49-68,70,72-76H2,1-2H3,(H,95,100)/b7-5-,13-11-,19-17-,25-23-,31-29-,37-35-,42-40-,48-46-,71-69+. The highest BCUT2D eigenvalue weighted by Crippen LogP contribution is 2.33. The van der Waals surface area contributed by atoms with Crippen LogP contribution in [-0.2, 0) is 33.2 Å². The van der Waals surface area contributed by atoms with Crippen molar-refractivity contribution in [2.75, 3.05) is 26.4 Å². The summed E-state index contributed by atoms with van der Waals surface area (Å²) in [5.74, 6) is -0.280. The average molecular weight is 1600 g/mol. The number of aliphatic hydroxyl groups is 11. The van der Waals surface area contributed by atoms with Gasteiger partial charge in [0.05, 0.1) is 38.6 Å². The summed E-state index contributed by atoms with van der Waals surface area (Å²) in [7, 11) is 0. The van der Waals surface area contributed by atoms with Gasteiger partial charge in [-0.15, -0.1) is 0 Å². The number of rotatable bonds is 73. The second-order valence-electron chi connectivity index (χ2n) is 32.0. The van der Waals surface area contributed by atoms with Gasteiger partial charge in [-0.1, -0.05) is 367 Å². The molecule has 0 radical (unpaired) electrons. The molecule has 113 heavy (non-hydrogen) atoms. The number of aliphatic hydroxyl groups excluding tert-OH is 11. The van der Waals surface area contributed by atoms with E-state index in [1.807, 2.05) is 6.08 Å². The van der Waals surface area contributed by atoms with E-state index in [0.717, 1.165) is 109 Å². The van der Waals surface area contributed by atoms with Crippen LogP contribution in [0.25, 0.3) is 0 Å². The maximum absolute atomic E-state index is 13.5. The van der Waals surface area contributed by atoms with Crippen LogP contribution in [0.3, 0.4) is 0 Å². The van der Waals surface area contributed by atoms with Crippen molar-refractivity contribution in [3.8, 4) is 0 Å². The van der Waals surface area contributed by atoms with Crippen LogP contribution in [0, 0.1) is 0 Å². The second-order valence-corrected chi connectivity index (χ2v) is 32.0. The molecule has 0 bridgehead atoms. The molecule has 0 aromatic rings. The van der Waals surface area contributed by atoms with Gasteiger partial charge in [0.2, 0.25) is 5.91 Å². The Morgan fingerprint density at radius 1 is 0.327 bits per heavy atom. The minimum Gasteiger partial charge on any atom is -0.394 e. The smallest absolute Gasteiger partial charge is 0.220 e. The molecule has 0 spiro atoms. The summed E-state index contributed by atoms with van der Waals surface area (Å²) >= 11 is 0. The first-order chi connectivity index (χ1) is 55.3. The maximum Gasteiger partial charge on any atom is 0.220 e. The van der Waals surface area contributed by atoms with Crippen LogP contribution in [0.1, 0.15) is 348 Å². The topological polar surface area (TPSA) is 307 Å². The number of carbonyl (C=O) groups excluding carboxylic acids is 1. The molecule has 654 valence electrons. The van der Waals surface area contributed by atoms with Crippen molar-refractivity contribution in [1.82, 2.24) is 5.32 Å². The molecule has 3 aliphatic rings. The quantitative estimate of drug-likeness (QED) is 0.0199. The molecular weight excluding hydrogens is 1430 g/mol. The molecule has 17 atom stereocenters. The fourth-order valence-electron chi connectivity index (χ4n) is 14.9. The van der Waals surface area contributed by atoms with Crippen molar-refractivity contribution in [3.63, 3.8) is 0 Å². The SMILES string of the molecule is CC/C=C\C/C=C\C/C=C\C/C=C\C/C=C\C/C=C\C/C=C\C/C=C\CCCCCCCCCCCCC(=O)NC(COC1OC(CO)C(OC2OC(CO)C(OC3OC(CO)C(O)C(O)C3O)C(O)C2O)C(O)C1O)C(O)/C=C/CCCCCCCCCCCCCCCCCCCCCCCCCCCCCCCCC. The summed E-state index contributed by atoms with van der Waals surface area (Å²) in [5, 5.41) is 121. The first-order valence-electron chi connectivity index (χ1n) is 45.6. The molecule has 0 aliphatic carbocycles. The third-order valence-corrected chi connectivity index (χ3v) is 22.1. The lowest BCUT2D eigenvalue weighted by Crippen LogP contribution is -2.66. The number of hydrogen-bond donors (Lipinski definition) is 12. The highest BCUT2D eigenvalue weighted by molar-refractivity contribution is 5.76. The van der Waals surface area contributed by atoms with Crippen LogP contribution in [0.15, 0.2) is 109 Å². The van der Waals surface area contributed by atoms with Crippen molar-refractivity contribution in [2.45, 2.75) is 452 Å². The summed E-state index contributed by atoms with van der Waals surface area (Å²) in [5.41, 5.74) is 0. The summed E-state index contributed by atoms with van der Waals surface area (Å²) in [4.78, 5) is 13.5. The van der Waals surface area contributed by atoms with Gasteiger partial charge in [-0.25, -0.2) is 0 Å². The molecule has 3 saturated heterocycles. The van der Waals surface area contributed by atoms with Crippen LogP contribution in [0.4, 0.5) is 0 Å². The Morgan fingerprint density at radius 3 is 0.956 bits per heavy atom. The summed E-state index contributed by atoms with van der Waals surface area (Å²) in [6, 6.07) is -0.985. The van der Waals surface area contributed by atoms with E-state index < -0.39 is 124 Å². The van der Waals surface area contributed by atoms with Gasteiger partial charge >= 0.3 is 0 Å². The molecule has 12 N–H and O–H groups in total. The molecular formula is C94H165NO18. The van der Waals surface area contributed by atoms with E-state index in [9.17, 15) is 61.0 Å². The minimum atomic E-state index is -1.98. The van der Waals surface area contributed by atoms with E-state index in [4.69, 9.17) is 28.4 Å². The van der Waals surface area contributed by atoms with Crippen molar-refractivity contribution >= 4 is 5.91 Å². The molecule has 0 saturated carbocycles. The van der Waals surface area contributed by atoms with Crippen LogP contribution in [0.5, 0.6) is 0 Å². The Kier molecular flexibility index (Phi) is 66.5. The largest absolute Gasteiger partial charge is 0.394 e. The van der Waals surface area contributed by atoms with E-state index >= 15 is 0 Å². The maximum atomic E-state index is 13.5. The molecule has 0 aromatic carbocycles. The van der Waals surface area contributed by atoms with E-state index in [1.165, 1.54) is 212 Å². The number of allylic oxidation sites excluding steroid dienone is 17. The van der Waals surface area contributed by atoms with Gasteiger partial charge in [0, 0.05) is 6.42 Å². The Labute approximate surface area is 685 Å². The van der Waals surface area contributed by atoms with Gasteiger partial charge in [0.15, 0.2) is 18.9 Å². The zero-order valence-electron chi connectivity index (χ0n) is 70.6. The van der Waals surface area contributed by atoms with Gasteiger partial charge in [-0.05, 0) is 83.5 Å². The second kappa shape index (κ2) is 72.5. The lowest BCUT2D eigenvalue weighted by Gasteiger charge is -2.48. The van der Waals surface area contributed by atoms with Gasteiger partial charge in [0.1, 0.15) is 73.2 Å². The van der Waals surface area contributed by atoms with Crippen LogP contribution < -0.4 is 5.32 Å². The monoisotopic (exact) mass is 1600 g/mol. The summed E-state index contributed by atoms with van der Waals surface area (Å²) in [6.45, 7) is 1.66. The Morgan fingerprint density at radius 2 is 0.611 bits per heavy atom. The Balaban J connectivity index is 1.34. The lowest BCUT2D eigenvalue weighted by atomic mass is 9.96. The van der Waals surface area contributed by atoms with Crippen molar-refractivity contribution < 1.29 is 89.4 Å². The normalized spacial score (nSPS) is 25.3. The highest BCUT2D eigenvalue weighted by Gasteiger charge is 2.54.